The normalized spacial score (nSPS) is 13.0. The summed E-state index contributed by atoms with van der Waals surface area (Å²) in [7, 11) is 0. The molecule has 104 valence electrons. The van der Waals surface area contributed by atoms with Crippen LogP contribution in [0.25, 0.3) is 0 Å². The van der Waals surface area contributed by atoms with E-state index in [0.717, 1.165) is 25.8 Å². The molecule has 0 fully saturated rings. The highest BCUT2D eigenvalue weighted by Gasteiger charge is 2.15. The van der Waals surface area contributed by atoms with Crippen molar-refractivity contribution in [2.75, 3.05) is 6.54 Å². The van der Waals surface area contributed by atoms with E-state index in [1.807, 2.05) is 13.8 Å². The third-order valence-corrected chi connectivity index (χ3v) is 3.52. The molecular formula is C17H26N2. The topological polar surface area (TPSA) is 35.8 Å². The van der Waals surface area contributed by atoms with Gasteiger partial charge < -0.3 is 5.32 Å². The fraction of sp³-hybridized carbons (Fsp3) is 0.588. The van der Waals surface area contributed by atoms with Crippen molar-refractivity contribution in [3.05, 3.63) is 35.4 Å². The average molecular weight is 258 g/mol. The Morgan fingerprint density at radius 3 is 2.68 bits per heavy atom. The third-order valence-electron chi connectivity index (χ3n) is 3.52. The standard InChI is InChI=1S/C17H26N2/c1-14-8-7-9-16(12-14)15(2)19-11-6-5-10-17(3,4)13-18/h7-9,12,15,19H,5-6,10-11H2,1-4H3/t15-/m0/s1. The van der Waals surface area contributed by atoms with Gasteiger partial charge in [-0.3, -0.25) is 0 Å². The maximum Gasteiger partial charge on any atom is 0.0683 e. The van der Waals surface area contributed by atoms with Gasteiger partial charge in [0.05, 0.1) is 11.5 Å². The van der Waals surface area contributed by atoms with Gasteiger partial charge >= 0.3 is 0 Å². The van der Waals surface area contributed by atoms with Crippen LogP contribution in [0.1, 0.15) is 57.2 Å². The molecule has 19 heavy (non-hydrogen) atoms. The summed E-state index contributed by atoms with van der Waals surface area (Å²) < 4.78 is 0. The van der Waals surface area contributed by atoms with Gasteiger partial charge in [0.2, 0.25) is 0 Å². The first-order chi connectivity index (χ1) is 8.94. The minimum Gasteiger partial charge on any atom is -0.310 e. The molecule has 2 heteroatoms. The van der Waals surface area contributed by atoms with E-state index in [1.165, 1.54) is 11.1 Å². The van der Waals surface area contributed by atoms with Crippen LogP contribution in [0.15, 0.2) is 24.3 Å². The summed E-state index contributed by atoms with van der Waals surface area (Å²) in [5, 5.41) is 12.5. The van der Waals surface area contributed by atoms with E-state index >= 15 is 0 Å². The summed E-state index contributed by atoms with van der Waals surface area (Å²) in [5.74, 6) is 0. The summed E-state index contributed by atoms with van der Waals surface area (Å²) in [5.41, 5.74) is 2.47. The van der Waals surface area contributed by atoms with E-state index in [9.17, 15) is 0 Å². The number of aryl methyl sites for hydroxylation is 1. The lowest BCUT2D eigenvalue weighted by molar-refractivity contribution is 0.418. The van der Waals surface area contributed by atoms with Crippen molar-refractivity contribution >= 4 is 0 Å². The van der Waals surface area contributed by atoms with E-state index in [0.29, 0.717) is 6.04 Å². The first kappa shape index (κ1) is 15.7. The van der Waals surface area contributed by atoms with Crippen LogP contribution < -0.4 is 5.32 Å². The summed E-state index contributed by atoms with van der Waals surface area (Å²) in [6.45, 7) is 9.36. The van der Waals surface area contributed by atoms with E-state index < -0.39 is 0 Å². The van der Waals surface area contributed by atoms with Crippen molar-refractivity contribution in [1.82, 2.24) is 5.32 Å². The van der Waals surface area contributed by atoms with Gasteiger partial charge in [0, 0.05) is 6.04 Å². The Labute approximate surface area is 117 Å². The second-order valence-corrected chi connectivity index (χ2v) is 6.04. The van der Waals surface area contributed by atoms with Gasteiger partial charge in [-0.15, -0.1) is 0 Å². The lowest BCUT2D eigenvalue weighted by Crippen LogP contribution is -2.20. The highest BCUT2D eigenvalue weighted by atomic mass is 14.9. The smallest absolute Gasteiger partial charge is 0.0683 e. The number of hydrogen-bond acceptors (Lipinski definition) is 2. The molecule has 0 aliphatic rings. The number of hydrogen-bond donors (Lipinski definition) is 1. The van der Waals surface area contributed by atoms with E-state index in [-0.39, 0.29) is 5.41 Å². The molecule has 0 aliphatic heterocycles. The number of unbranched alkanes of at least 4 members (excludes halogenated alkanes) is 1. The second kappa shape index (κ2) is 7.31. The highest BCUT2D eigenvalue weighted by molar-refractivity contribution is 5.24. The summed E-state index contributed by atoms with van der Waals surface area (Å²) in [6, 6.07) is 11.4. The third kappa shape index (κ3) is 5.89. The van der Waals surface area contributed by atoms with Crippen LogP contribution in [-0.2, 0) is 0 Å². The Morgan fingerprint density at radius 1 is 1.32 bits per heavy atom. The Hall–Kier alpha value is -1.33. The van der Waals surface area contributed by atoms with Crippen molar-refractivity contribution in [2.24, 2.45) is 5.41 Å². The van der Waals surface area contributed by atoms with Crippen LogP contribution >= 0.6 is 0 Å². The maximum atomic E-state index is 8.95. The summed E-state index contributed by atoms with van der Waals surface area (Å²) >= 11 is 0. The molecule has 0 heterocycles. The lowest BCUT2D eigenvalue weighted by atomic mass is 9.89. The van der Waals surface area contributed by atoms with E-state index in [2.05, 4.69) is 49.5 Å². The van der Waals surface area contributed by atoms with Gasteiger partial charge in [-0.25, -0.2) is 0 Å². The number of nitrogens with one attached hydrogen (secondary N) is 1. The molecule has 1 aromatic rings. The zero-order chi connectivity index (χ0) is 14.3. The predicted molar refractivity (Wildman–Crippen MR) is 80.8 cm³/mol. The molecule has 1 aromatic carbocycles. The largest absolute Gasteiger partial charge is 0.310 e. The molecule has 0 amide bonds. The first-order valence-corrected chi connectivity index (χ1v) is 7.16. The van der Waals surface area contributed by atoms with Crippen molar-refractivity contribution < 1.29 is 0 Å². The van der Waals surface area contributed by atoms with Crippen molar-refractivity contribution in [3.8, 4) is 6.07 Å². The molecule has 1 rings (SSSR count). The summed E-state index contributed by atoms with van der Waals surface area (Å²) in [4.78, 5) is 0. The van der Waals surface area contributed by atoms with Gasteiger partial charge in [-0.2, -0.15) is 5.26 Å². The minimum atomic E-state index is -0.178. The average Bonchev–Trinajstić information content (AvgIpc) is 2.38. The van der Waals surface area contributed by atoms with Crippen molar-refractivity contribution in [1.29, 1.82) is 5.26 Å². The Morgan fingerprint density at radius 2 is 2.05 bits per heavy atom. The van der Waals surface area contributed by atoms with Crippen molar-refractivity contribution in [3.63, 3.8) is 0 Å². The fourth-order valence-electron chi connectivity index (χ4n) is 2.12. The van der Waals surface area contributed by atoms with Crippen LogP contribution in [0.2, 0.25) is 0 Å². The van der Waals surface area contributed by atoms with E-state index in [4.69, 9.17) is 5.26 Å². The molecule has 1 N–H and O–H groups in total. The fourth-order valence-corrected chi connectivity index (χ4v) is 2.12. The number of nitriles is 1. The minimum absolute atomic E-state index is 0.178. The van der Waals surface area contributed by atoms with Gasteiger partial charge in [-0.1, -0.05) is 36.2 Å². The quantitative estimate of drug-likeness (QED) is 0.737. The molecule has 0 radical (unpaired) electrons. The zero-order valence-electron chi connectivity index (χ0n) is 12.7. The maximum absolute atomic E-state index is 8.95. The lowest BCUT2D eigenvalue weighted by Gasteiger charge is -2.17. The van der Waals surface area contributed by atoms with Crippen LogP contribution in [0, 0.1) is 23.7 Å². The molecule has 0 aromatic heterocycles. The molecule has 0 spiro atoms. The predicted octanol–water partition coefficient (Wildman–Crippen LogP) is 4.37. The summed E-state index contributed by atoms with van der Waals surface area (Å²) in [6.07, 6.45) is 3.21. The van der Waals surface area contributed by atoms with Crippen LogP contribution in [0.4, 0.5) is 0 Å². The molecule has 0 saturated heterocycles. The van der Waals surface area contributed by atoms with Gasteiger partial charge in [-0.05, 0) is 52.6 Å². The number of benzene rings is 1. The molecule has 0 saturated carbocycles. The van der Waals surface area contributed by atoms with Crippen LogP contribution in [0.3, 0.4) is 0 Å². The number of nitrogens with zero attached hydrogens (tertiary/aromatic N) is 1. The molecule has 2 nitrogen and oxygen atoms in total. The van der Waals surface area contributed by atoms with Crippen LogP contribution in [-0.4, -0.2) is 6.54 Å². The Kier molecular flexibility index (Phi) is 6.05. The molecule has 0 bridgehead atoms. The molecular weight excluding hydrogens is 232 g/mol. The first-order valence-electron chi connectivity index (χ1n) is 7.16. The molecule has 1 atom stereocenters. The number of rotatable bonds is 7. The Balaban J connectivity index is 2.25. The zero-order valence-corrected chi connectivity index (χ0v) is 12.7. The SMILES string of the molecule is Cc1cccc([C@H](C)NCCCCC(C)(C)C#N)c1. The second-order valence-electron chi connectivity index (χ2n) is 6.04. The van der Waals surface area contributed by atoms with Crippen molar-refractivity contribution in [2.45, 2.75) is 53.0 Å². The van der Waals surface area contributed by atoms with Crippen LogP contribution in [0.5, 0.6) is 0 Å². The van der Waals surface area contributed by atoms with Gasteiger partial charge in [0.15, 0.2) is 0 Å². The Bertz CT molecular complexity index is 429. The molecule has 0 aliphatic carbocycles. The van der Waals surface area contributed by atoms with Gasteiger partial charge in [0.25, 0.3) is 0 Å². The van der Waals surface area contributed by atoms with E-state index in [1.54, 1.807) is 0 Å². The molecule has 0 unspecified atom stereocenters. The monoisotopic (exact) mass is 258 g/mol. The van der Waals surface area contributed by atoms with Gasteiger partial charge in [0.1, 0.15) is 0 Å². The highest BCUT2D eigenvalue weighted by Crippen LogP contribution is 2.21.